The fourth-order valence-corrected chi connectivity index (χ4v) is 2.19. The van der Waals surface area contributed by atoms with E-state index in [1.807, 2.05) is 6.92 Å². The van der Waals surface area contributed by atoms with Gasteiger partial charge in [-0.1, -0.05) is 17.3 Å². The lowest BCUT2D eigenvalue weighted by Crippen LogP contribution is -2.39. The Bertz CT molecular complexity index is 691. The minimum Gasteiger partial charge on any atom is -0.382 e. The molecule has 0 aliphatic heterocycles. The van der Waals surface area contributed by atoms with Gasteiger partial charge in [0.1, 0.15) is 18.6 Å². The maximum atomic E-state index is 13.9. The zero-order valence-corrected chi connectivity index (χ0v) is 13.9. The van der Waals surface area contributed by atoms with Crippen LogP contribution in [0.4, 0.5) is 10.2 Å². The number of nitrogens with one attached hydrogen (secondary N) is 1. The van der Waals surface area contributed by atoms with E-state index in [9.17, 15) is 14.0 Å². The van der Waals surface area contributed by atoms with E-state index in [-0.39, 0.29) is 24.5 Å². The minimum absolute atomic E-state index is 0.0758. The molecule has 0 radical (unpaired) electrons. The minimum atomic E-state index is -0.626. The first-order valence-electron chi connectivity index (χ1n) is 7.93. The van der Waals surface area contributed by atoms with Crippen molar-refractivity contribution in [2.24, 2.45) is 0 Å². The van der Waals surface area contributed by atoms with Gasteiger partial charge in [0.05, 0.1) is 5.56 Å². The first-order valence-corrected chi connectivity index (χ1v) is 7.93. The zero-order chi connectivity index (χ0) is 18.1. The number of anilines is 1. The van der Waals surface area contributed by atoms with Gasteiger partial charge in [-0.05, 0) is 25.5 Å². The molecule has 2 amide bonds. The Hall–Kier alpha value is -2.74. The summed E-state index contributed by atoms with van der Waals surface area (Å²) in [6, 6.07) is 7.16. The van der Waals surface area contributed by atoms with E-state index in [1.165, 1.54) is 35.4 Å². The third-order valence-corrected chi connectivity index (χ3v) is 3.35. The lowest BCUT2D eigenvalue weighted by molar-refractivity contribution is -0.117. The van der Waals surface area contributed by atoms with Crippen LogP contribution in [0.15, 0.2) is 41.1 Å². The quantitative estimate of drug-likeness (QED) is 0.702. The molecular formula is C17H20FN3O4. The third kappa shape index (κ3) is 5.68. The van der Waals surface area contributed by atoms with Crippen molar-refractivity contribution < 1.29 is 23.2 Å². The Morgan fingerprint density at radius 1 is 1.32 bits per heavy atom. The van der Waals surface area contributed by atoms with Crippen molar-refractivity contribution in [3.8, 4) is 0 Å². The van der Waals surface area contributed by atoms with E-state index in [1.54, 1.807) is 6.07 Å². The predicted octanol–water partition coefficient (Wildman–Crippen LogP) is 2.32. The molecule has 1 heterocycles. The fraction of sp³-hybridized carbons (Fsp3) is 0.353. The monoisotopic (exact) mass is 349 g/mol. The first kappa shape index (κ1) is 18.6. The molecule has 8 heteroatoms. The molecule has 1 aromatic heterocycles. The number of rotatable bonds is 9. The van der Waals surface area contributed by atoms with Crippen molar-refractivity contribution in [2.45, 2.75) is 13.3 Å². The van der Waals surface area contributed by atoms with Crippen LogP contribution < -0.4 is 5.32 Å². The van der Waals surface area contributed by atoms with E-state index in [4.69, 9.17) is 4.74 Å². The van der Waals surface area contributed by atoms with Crippen LogP contribution in [-0.4, -0.2) is 48.2 Å². The van der Waals surface area contributed by atoms with Crippen LogP contribution >= 0.6 is 0 Å². The second kappa shape index (κ2) is 9.53. The average Bonchev–Trinajstić information content (AvgIpc) is 3.10. The summed E-state index contributed by atoms with van der Waals surface area (Å²) in [4.78, 5) is 26.0. The lowest BCUT2D eigenvalue weighted by Gasteiger charge is -2.22. The van der Waals surface area contributed by atoms with Crippen LogP contribution in [0.3, 0.4) is 0 Å². The second-order valence-corrected chi connectivity index (χ2v) is 5.19. The molecule has 0 saturated heterocycles. The number of benzene rings is 1. The summed E-state index contributed by atoms with van der Waals surface area (Å²) < 4.78 is 23.8. The molecule has 1 aromatic carbocycles. The number of hydrogen-bond donors (Lipinski definition) is 1. The standard InChI is InChI=1S/C17H20FN3O4/c1-2-24-10-5-9-21(12-16(22)19-15-8-11-25-20-15)17(23)13-6-3-4-7-14(13)18/h3-4,6-8,11H,2,5,9-10,12H2,1H3,(H,19,20,22). The highest BCUT2D eigenvalue weighted by molar-refractivity contribution is 5.99. The van der Waals surface area contributed by atoms with Gasteiger partial charge in [-0.3, -0.25) is 9.59 Å². The van der Waals surface area contributed by atoms with Gasteiger partial charge in [-0.25, -0.2) is 4.39 Å². The molecular weight excluding hydrogens is 329 g/mol. The molecule has 7 nitrogen and oxygen atoms in total. The maximum absolute atomic E-state index is 13.9. The maximum Gasteiger partial charge on any atom is 0.257 e. The Morgan fingerprint density at radius 3 is 2.80 bits per heavy atom. The van der Waals surface area contributed by atoms with Crippen molar-refractivity contribution in [3.05, 3.63) is 48.0 Å². The van der Waals surface area contributed by atoms with Crippen LogP contribution in [0.5, 0.6) is 0 Å². The Morgan fingerprint density at radius 2 is 2.12 bits per heavy atom. The number of amides is 2. The topological polar surface area (TPSA) is 84.7 Å². The molecule has 0 spiro atoms. The summed E-state index contributed by atoms with van der Waals surface area (Å²) in [7, 11) is 0. The van der Waals surface area contributed by atoms with Crippen LogP contribution in [0.1, 0.15) is 23.7 Å². The number of hydrogen-bond acceptors (Lipinski definition) is 5. The smallest absolute Gasteiger partial charge is 0.257 e. The van der Waals surface area contributed by atoms with Gasteiger partial charge in [0, 0.05) is 25.8 Å². The van der Waals surface area contributed by atoms with Gasteiger partial charge in [0.15, 0.2) is 5.82 Å². The van der Waals surface area contributed by atoms with Crippen molar-refractivity contribution in [3.63, 3.8) is 0 Å². The Labute approximate surface area is 144 Å². The van der Waals surface area contributed by atoms with E-state index in [0.717, 1.165) is 0 Å². The Balaban J connectivity index is 2.04. The van der Waals surface area contributed by atoms with Crippen molar-refractivity contribution >= 4 is 17.6 Å². The number of nitrogens with zero attached hydrogens (tertiary/aromatic N) is 2. The van der Waals surface area contributed by atoms with Gasteiger partial charge in [0.25, 0.3) is 5.91 Å². The molecule has 25 heavy (non-hydrogen) atoms. The number of aromatic nitrogens is 1. The van der Waals surface area contributed by atoms with E-state index >= 15 is 0 Å². The summed E-state index contributed by atoms with van der Waals surface area (Å²) in [6.45, 7) is 2.91. The average molecular weight is 349 g/mol. The summed E-state index contributed by atoms with van der Waals surface area (Å²) in [5, 5.41) is 6.09. The second-order valence-electron chi connectivity index (χ2n) is 5.19. The molecule has 0 atom stereocenters. The summed E-state index contributed by atoms with van der Waals surface area (Å²) in [6.07, 6.45) is 1.85. The lowest BCUT2D eigenvalue weighted by atomic mass is 10.1. The molecule has 0 unspecified atom stereocenters. The van der Waals surface area contributed by atoms with Gasteiger partial charge in [-0.2, -0.15) is 0 Å². The number of halogens is 1. The van der Waals surface area contributed by atoms with E-state index in [2.05, 4.69) is 15.0 Å². The van der Waals surface area contributed by atoms with Crippen molar-refractivity contribution in [2.75, 3.05) is 31.6 Å². The SMILES string of the molecule is CCOCCCN(CC(=O)Nc1ccon1)C(=O)c1ccccc1F. The highest BCUT2D eigenvalue weighted by atomic mass is 19.1. The van der Waals surface area contributed by atoms with Crippen molar-refractivity contribution in [1.82, 2.24) is 10.1 Å². The highest BCUT2D eigenvalue weighted by Crippen LogP contribution is 2.11. The highest BCUT2D eigenvalue weighted by Gasteiger charge is 2.21. The fourth-order valence-electron chi connectivity index (χ4n) is 2.19. The normalized spacial score (nSPS) is 10.5. The largest absolute Gasteiger partial charge is 0.382 e. The molecule has 0 aliphatic carbocycles. The van der Waals surface area contributed by atoms with Crippen LogP contribution in [0.2, 0.25) is 0 Å². The summed E-state index contributed by atoms with van der Waals surface area (Å²) in [5.41, 5.74) is -0.0758. The molecule has 0 bridgehead atoms. The van der Waals surface area contributed by atoms with Gasteiger partial charge in [0.2, 0.25) is 5.91 Å². The molecule has 0 fully saturated rings. The molecule has 0 aliphatic rings. The van der Waals surface area contributed by atoms with Crippen LogP contribution in [0, 0.1) is 5.82 Å². The van der Waals surface area contributed by atoms with Crippen molar-refractivity contribution in [1.29, 1.82) is 0 Å². The summed E-state index contributed by atoms with van der Waals surface area (Å²) in [5.74, 6) is -1.38. The molecule has 0 saturated carbocycles. The van der Waals surface area contributed by atoms with Crippen LogP contribution in [0.25, 0.3) is 0 Å². The van der Waals surface area contributed by atoms with Gasteiger partial charge in [-0.15, -0.1) is 0 Å². The van der Waals surface area contributed by atoms with E-state index in [0.29, 0.717) is 19.6 Å². The number of carbonyl (C=O) groups excluding carboxylic acids is 2. The van der Waals surface area contributed by atoms with Crippen LogP contribution in [-0.2, 0) is 9.53 Å². The number of carbonyl (C=O) groups is 2. The predicted molar refractivity (Wildman–Crippen MR) is 88.5 cm³/mol. The zero-order valence-electron chi connectivity index (χ0n) is 13.9. The number of ether oxygens (including phenoxy) is 1. The molecule has 134 valence electrons. The molecule has 2 aromatic rings. The molecule has 1 N–H and O–H groups in total. The van der Waals surface area contributed by atoms with Gasteiger partial charge < -0.3 is 19.5 Å². The molecule has 2 rings (SSSR count). The van der Waals surface area contributed by atoms with Gasteiger partial charge >= 0.3 is 0 Å². The Kier molecular flexibility index (Phi) is 7.09. The summed E-state index contributed by atoms with van der Waals surface area (Å²) >= 11 is 0. The first-order chi connectivity index (χ1) is 12.1. The third-order valence-electron chi connectivity index (χ3n) is 3.35. The van der Waals surface area contributed by atoms with E-state index < -0.39 is 17.6 Å².